The summed E-state index contributed by atoms with van der Waals surface area (Å²) in [4.78, 5) is 28.9. The molecule has 0 saturated carbocycles. The van der Waals surface area contributed by atoms with Gasteiger partial charge in [-0.25, -0.2) is 9.78 Å². The van der Waals surface area contributed by atoms with Crippen molar-refractivity contribution < 1.29 is 27.5 Å². The zero-order chi connectivity index (χ0) is 17.0. The third kappa shape index (κ3) is 4.83. The number of hydrogen-bond donors (Lipinski definition) is 1. The normalized spacial score (nSPS) is 17.9. The fourth-order valence-electron chi connectivity index (χ4n) is 2.30. The molecule has 0 spiro atoms. The smallest absolute Gasteiger partial charge is 0.422 e. The second-order valence-electron chi connectivity index (χ2n) is 5.23. The molecule has 2 amide bonds. The molecular formula is C14H16F3N3O3. The summed E-state index contributed by atoms with van der Waals surface area (Å²) in [6, 6.07) is 2.55. The minimum atomic E-state index is -4.60. The summed E-state index contributed by atoms with van der Waals surface area (Å²) >= 11 is 0. The van der Waals surface area contributed by atoms with Gasteiger partial charge in [-0.05, 0) is 37.5 Å². The number of aryl methyl sites for hydroxylation is 1. The fourth-order valence-corrected chi connectivity index (χ4v) is 2.30. The average molecular weight is 331 g/mol. The molecule has 1 N–H and O–H groups in total. The number of carbonyl (C=O) groups is 2. The van der Waals surface area contributed by atoms with Crippen LogP contribution in [0.3, 0.4) is 0 Å². The first-order valence-electron chi connectivity index (χ1n) is 7.00. The molecule has 6 nitrogen and oxygen atoms in total. The molecular weight excluding hydrogens is 315 g/mol. The van der Waals surface area contributed by atoms with Gasteiger partial charge in [0.2, 0.25) is 5.91 Å². The van der Waals surface area contributed by atoms with Crippen LogP contribution in [-0.4, -0.2) is 47.3 Å². The van der Waals surface area contributed by atoms with Crippen molar-refractivity contribution in [1.29, 1.82) is 0 Å². The van der Waals surface area contributed by atoms with Crippen molar-refractivity contribution in [2.45, 2.75) is 32.0 Å². The predicted molar refractivity (Wildman–Crippen MR) is 74.7 cm³/mol. The number of ether oxygens (including phenoxy) is 1. The van der Waals surface area contributed by atoms with E-state index in [1.807, 2.05) is 6.92 Å². The fraction of sp³-hybridized carbons (Fsp3) is 0.500. The van der Waals surface area contributed by atoms with E-state index in [0.717, 1.165) is 10.5 Å². The molecule has 1 aromatic rings. The van der Waals surface area contributed by atoms with Crippen LogP contribution in [0.25, 0.3) is 0 Å². The van der Waals surface area contributed by atoms with Crippen molar-refractivity contribution in [3.8, 4) is 0 Å². The Bertz CT molecular complexity index is 592. The molecule has 1 aliphatic rings. The number of likely N-dealkylation sites (tertiary alicyclic amines) is 1. The van der Waals surface area contributed by atoms with E-state index in [-0.39, 0.29) is 6.54 Å². The third-order valence-corrected chi connectivity index (χ3v) is 3.32. The molecule has 23 heavy (non-hydrogen) atoms. The maximum atomic E-state index is 12.2. The lowest BCUT2D eigenvalue weighted by Gasteiger charge is -2.23. The number of anilines is 1. The highest BCUT2D eigenvalue weighted by molar-refractivity contribution is 5.96. The lowest BCUT2D eigenvalue weighted by molar-refractivity contribution is -0.162. The number of pyridine rings is 1. The quantitative estimate of drug-likeness (QED) is 0.924. The van der Waals surface area contributed by atoms with Crippen LogP contribution in [0.15, 0.2) is 18.3 Å². The van der Waals surface area contributed by atoms with Crippen LogP contribution in [0.4, 0.5) is 23.8 Å². The Morgan fingerprint density at radius 1 is 1.48 bits per heavy atom. The lowest BCUT2D eigenvalue weighted by Crippen LogP contribution is -2.44. The van der Waals surface area contributed by atoms with E-state index < -0.39 is 30.8 Å². The summed E-state index contributed by atoms with van der Waals surface area (Å²) in [6.45, 7) is 0.333. The summed E-state index contributed by atoms with van der Waals surface area (Å²) in [5, 5.41) is 2.56. The molecule has 0 radical (unpaired) electrons. The van der Waals surface area contributed by atoms with E-state index in [1.54, 1.807) is 12.1 Å². The average Bonchev–Trinajstić information content (AvgIpc) is 2.93. The summed E-state index contributed by atoms with van der Waals surface area (Å²) in [5.41, 5.74) is 0.892. The number of hydrogen-bond acceptors (Lipinski definition) is 4. The monoisotopic (exact) mass is 331 g/mol. The topological polar surface area (TPSA) is 71.5 Å². The minimum Gasteiger partial charge on any atom is -0.440 e. The van der Waals surface area contributed by atoms with Crippen molar-refractivity contribution in [1.82, 2.24) is 9.88 Å². The van der Waals surface area contributed by atoms with E-state index in [4.69, 9.17) is 0 Å². The van der Waals surface area contributed by atoms with Crippen LogP contribution < -0.4 is 5.32 Å². The van der Waals surface area contributed by atoms with Gasteiger partial charge in [-0.1, -0.05) is 0 Å². The second kappa shape index (κ2) is 6.84. The molecule has 126 valence electrons. The van der Waals surface area contributed by atoms with Gasteiger partial charge in [-0.2, -0.15) is 13.2 Å². The SMILES string of the molecule is Cc1ccnc(NC(=O)[C@@H]2CCCN2C(=O)OCC(F)(F)F)c1. The zero-order valence-corrected chi connectivity index (χ0v) is 12.4. The van der Waals surface area contributed by atoms with E-state index in [0.29, 0.717) is 18.7 Å². The summed E-state index contributed by atoms with van der Waals surface area (Å²) in [7, 11) is 0. The van der Waals surface area contributed by atoms with Crippen molar-refractivity contribution in [3.63, 3.8) is 0 Å². The van der Waals surface area contributed by atoms with Crippen molar-refractivity contribution in [2.24, 2.45) is 0 Å². The number of rotatable bonds is 3. The Morgan fingerprint density at radius 3 is 2.87 bits per heavy atom. The van der Waals surface area contributed by atoms with Crippen molar-refractivity contribution >= 4 is 17.8 Å². The van der Waals surface area contributed by atoms with Gasteiger partial charge in [0.25, 0.3) is 0 Å². The highest BCUT2D eigenvalue weighted by Gasteiger charge is 2.37. The maximum absolute atomic E-state index is 12.2. The molecule has 2 rings (SSSR count). The van der Waals surface area contributed by atoms with Gasteiger partial charge in [-0.3, -0.25) is 9.69 Å². The standard InChI is InChI=1S/C14H16F3N3O3/c1-9-4-5-18-11(7-9)19-12(21)10-3-2-6-20(10)13(22)23-8-14(15,16)17/h4-5,7,10H,2-3,6,8H2,1H3,(H,18,19,21)/t10-/m0/s1. The number of amides is 2. The molecule has 0 bridgehead atoms. The zero-order valence-electron chi connectivity index (χ0n) is 12.4. The van der Waals surface area contributed by atoms with E-state index in [2.05, 4.69) is 15.0 Å². The lowest BCUT2D eigenvalue weighted by atomic mass is 10.2. The first-order valence-corrected chi connectivity index (χ1v) is 7.00. The molecule has 2 heterocycles. The van der Waals surface area contributed by atoms with Crippen LogP contribution in [0.2, 0.25) is 0 Å². The number of nitrogens with zero attached hydrogens (tertiary/aromatic N) is 2. The number of halogens is 3. The first-order chi connectivity index (χ1) is 10.8. The largest absolute Gasteiger partial charge is 0.440 e. The highest BCUT2D eigenvalue weighted by atomic mass is 19.4. The predicted octanol–water partition coefficient (Wildman–Crippen LogP) is 2.49. The molecule has 1 aliphatic heterocycles. The molecule has 0 unspecified atom stereocenters. The van der Waals surface area contributed by atoms with Crippen LogP contribution >= 0.6 is 0 Å². The van der Waals surface area contributed by atoms with E-state index in [1.165, 1.54) is 6.20 Å². The Labute approximate surface area is 130 Å². The van der Waals surface area contributed by atoms with Crippen LogP contribution in [-0.2, 0) is 9.53 Å². The van der Waals surface area contributed by atoms with Gasteiger partial charge < -0.3 is 10.1 Å². The van der Waals surface area contributed by atoms with Gasteiger partial charge in [-0.15, -0.1) is 0 Å². The molecule has 9 heteroatoms. The highest BCUT2D eigenvalue weighted by Crippen LogP contribution is 2.21. The van der Waals surface area contributed by atoms with Gasteiger partial charge in [0.1, 0.15) is 11.9 Å². The summed E-state index contributed by atoms with van der Waals surface area (Å²) in [5.74, 6) is -0.171. The first kappa shape index (κ1) is 17.0. The Hall–Kier alpha value is -2.32. The van der Waals surface area contributed by atoms with Gasteiger partial charge in [0, 0.05) is 12.7 Å². The maximum Gasteiger partial charge on any atom is 0.422 e. The van der Waals surface area contributed by atoms with Crippen molar-refractivity contribution in [3.05, 3.63) is 23.9 Å². The molecule has 1 fully saturated rings. The second-order valence-corrected chi connectivity index (χ2v) is 5.23. The molecule has 1 aromatic heterocycles. The van der Waals surface area contributed by atoms with E-state index >= 15 is 0 Å². The van der Waals surface area contributed by atoms with Crippen LogP contribution in [0.1, 0.15) is 18.4 Å². The van der Waals surface area contributed by atoms with Gasteiger partial charge in [0.15, 0.2) is 6.61 Å². The number of alkyl halides is 3. The summed E-state index contributed by atoms with van der Waals surface area (Å²) in [6.07, 6.45) is -3.34. The van der Waals surface area contributed by atoms with Crippen LogP contribution in [0.5, 0.6) is 0 Å². The molecule has 1 atom stereocenters. The van der Waals surface area contributed by atoms with Crippen molar-refractivity contribution in [2.75, 3.05) is 18.5 Å². The Kier molecular flexibility index (Phi) is 5.07. The third-order valence-electron chi connectivity index (χ3n) is 3.32. The van der Waals surface area contributed by atoms with Gasteiger partial charge >= 0.3 is 12.3 Å². The van der Waals surface area contributed by atoms with E-state index in [9.17, 15) is 22.8 Å². The Balaban J connectivity index is 1.97. The van der Waals surface area contributed by atoms with Crippen LogP contribution in [0, 0.1) is 6.92 Å². The number of nitrogens with one attached hydrogen (secondary N) is 1. The molecule has 1 saturated heterocycles. The molecule has 0 aromatic carbocycles. The minimum absolute atomic E-state index is 0.177. The number of carbonyl (C=O) groups excluding carboxylic acids is 2. The van der Waals surface area contributed by atoms with Gasteiger partial charge in [0.05, 0.1) is 0 Å². The summed E-state index contributed by atoms with van der Waals surface area (Å²) < 4.78 is 40.5. The molecule has 0 aliphatic carbocycles. The Morgan fingerprint density at radius 2 is 2.22 bits per heavy atom. The number of aromatic nitrogens is 1.